The molecule has 1 aliphatic heterocycles. The fraction of sp³-hybridized carbons (Fsp3) is 0.146. The van der Waals surface area contributed by atoms with Crippen LogP contribution in [0.1, 0.15) is 70.7 Å². The lowest BCUT2D eigenvalue weighted by Crippen LogP contribution is -2.52. The maximum Gasteiger partial charge on any atom is 0.343 e. The Labute approximate surface area is 303 Å². The summed E-state index contributed by atoms with van der Waals surface area (Å²) in [6.07, 6.45) is 0. The standard InChI is InChI=1S/C41H28Cl2N2O6/c1-22-10-12-24(13-11-22)41(50)51-26-17-14-23(15-18-26)33(46)21-44(38(47)25-16-19-31(42)32(43)20-25)45-39(48)36-34-27-6-2-3-7-28(27)35(37(36)40(45)49)30-9-5-4-8-29(30)34/h2-20,34-37H,21H2,1H3/t34?,35?,36-,37+. The van der Waals surface area contributed by atoms with Crippen molar-refractivity contribution < 1.29 is 28.7 Å². The molecule has 1 fully saturated rings. The molecule has 10 heteroatoms. The van der Waals surface area contributed by atoms with E-state index in [2.05, 4.69) is 0 Å². The minimum absolute atomic E-state index is 0.0422. The van der Waals surface area contributed by atoms with Crippen LogP contribution in [0.4, 0.5) is 0 Å². The lowest BCUT2D eigenvalue weighted by atomic mass is 9.55. The van der Waals surface area contributed by atoms with Crippen LogP contribution in [0.25, 0.3) is 0 Å². The van der Waals surface area contributed by atoms with Gasteiger partial charge in [-0.05, 0) is 83.8 Å². The molecule has 1 heterocycles. The Morgan fingerprint density at radius 2 is 1.14 bits per heavy atom. The first-order valence-electron chi connectivity index (χ1n) is 16.4. The van der Waals surface area contributed by atoms with E-state index in [4.69, 9.17) is 27.9 Å². The number of imide groups is 1. The van der Waals surface area contributed by atoms with Gasteiger partial charge in [0.2, 0.25) is 0 Å². The number of nitrogens with zero attached hydrogens (tertiary/aromatic N) is 2. The molecular formula is C41H28Cl2N2O6. The van der Waals surface area contributed by atoms with Crippen LogP contribution < -0.4 is 4.74 Å². The monoisotopic (exact) mass is 714 g/mol. The summed E-state index contributed by atoms with van der Waals surface area (Å²) in [6, 6.07) is 32.6. The molecular weight excluding hydrogens is 687 g/mol. The van der Waals surface area contributed by atoms with Crippen LogP contribution in [0.15, 0.2) is 115 Å². The van der Waals surface area contributed by atoms with Crippen molar-refractivity contribution in [1.29, 1.82) is 0 Å². The van der Waals surface area contributed by atoms with Crippen molar-refractivity contribution in [2.75, 3.05) is 6.54 Å². The predicted molar refractivity (Wildman–Crippen MR) is 190 cm³/mol. The van der Waals surface area contributed by atoms with Gasteiger partial charge in [-0.25, -0.2) is 9.80 Å². The number of carbonyl (C=O) groups excluding carboxylic acids is 5. The van der Waals surface area contributed by atoms with Crippen LogP contribution in [0, 0.1) is 18.8 Å². The molecule has 51 heavy (non-hydrogen) atoms. The lowest BCUT2D eigenvalue weighted by Gasteiger charge is -2.45. The van der Waals surface area contributed by atoms with E-state index >= 15 is 0 Å². The molecule has 0 spiro atoms. The Bertz CT molecular complexity index is 2170. The fourth-order valence-electron chi connectivity index (χ4n) is 7.70. The van der Waals surface area contributed by atoms with Crippen LogP contribution in [0.3, 0.4) is 0 Å². The number of aryl methyl sites for hydroxylation is 1. The number of hydrogen-bond acceptors (Lipinski definition) is 6. The highest BCUT2D eigenvalue weighted by Gasteiger charge is 2.63. The molecule has 252 valence electrons. The van der Waals surface area contributed by atoms with Crippen molar-refractivity contribution in [3.63, 3.8) is 0 Å². The number of benzene rings is 5. The molecule has 3 aliphatic carbocycles. The van der Waals surface area contributed by atoms with Gasteiger partial charge < -0.3 is 4.74 Å². The molecule has 0 unspecified atom stereocenters. The smallest absolute Gasteiger partial charge is 0.343 e. The van der Waals surface area contributed by atoms with E-state index in [1.165, 1.54) is 42.5 Å². The van der Waals surface area contributed by atoms with Crippen molar-refractivity contribution in [2.45, 2.75) is 18.8 Å². The first-order valence-corrected chi connectivity index (χ1v) is 17.1. The van der Waals surface area contributed by atoms with Crippen molar-refractivity contribution in [1.82, 2.24) is 10.0 Å². The number of carbonyl (C=O) groups is 5. The first-order chi connectivity index (χ1) is 24.6. The zero-order valence-corrected chi connectivity index (χ0v) is 28.6. The van der Waals surface area contributed by atoms with Gasteiger partial charge in [-0.15, -0.1) is 0 Å². The van der Waals surface area contributed by atoms with Crippen LogP contribution in [-0.2, 0) is 9.59 Å². The number of hydrogen-bond donors (Lipinski definition) is 0. The van der Waals surface area contributed by atoms with Gasteiger partial charge in [0.1, 0.15) is 12.3 Å². The second kappa shape index (κ2) is 12.6. The average Bonchev–Trinajstić information content (AvgIpc) is 3.41. The van der Waals surface area contributed by atoms with Crippen LogP contribution in [0.5, 0.6) is 5.75 Å². The molecule has 9 rings (SSSR count). The summed E-state index contributed by atoms with van der Waals surface area (Å²) in [7, 11) is 0. The number of ether oxygens (including phenoxy) is 1. The Balaban J connectivity index is 1.12. The topological polar surface area (TPSA) is 101 Å². The van der Waals surface area contributed by atoms with E-state index in [-0.39, 0.29) is 26.9 Å². The van der Waals surface area contributed by atoms with Gasteiger partial charge in [-0.2, -0.15) is 5.01 Å². The normalized spacial score (nSPS) is 19.6. The highest BCUT2D eigenvalue weighted by molar-refractivity contribution is 6.42. The number of ketones is 1. The molecule has 4 aliphatic rings. The van der Waals surface area contributed by atoms with Crippen LogP contribution >= 0.6 is 23.2 Å². The number of Topliss-reactive ketones (excluding diaryl/α,β-unsaturated/α-hetero) is 1. The third-order valence-electron chi connectivity index (χ3n) is 10.0. The van der Waals surface area contributed by atoms with Crippen molar-refractivity contribution in [3.05, 3.63) is 170 Å². The van der Waals surface area contributed by atoms with Gasteiger partial charge in [0, 0.05) is 23.0 Å². The minimum atomic E-state index is -0.770. The van der Waals surface area contributed by atoms with Gasteiger partial charge in [-0.1, -0.05) is 89.4 Å². The lowest BCUT2D eigenvalue weighted by molar-refractivity contribution is -0.154. The van der Waals surface area contributed by atoms with E-state index in [0.29, 0.717) is 5.56 Å². The maximum absolute atomic E-state index is 14.6. The van der Waals surface area contributed by atoms with Gasteiger partial charge in [-0.3, -0.25) is 19.2 Å². The molecule has 0 N–H and O–H groups in total. The number of rotatable bonds is 7. The summed E-state index contributed by atoms with van der Waals surface area (Å²) in [5.41, 5.74) is 5.50. The zero-order valence-electron chi connectivity index (χ0n) is 27.1. The molecule has 2 atom stereocenters. The van der Waals surface area contributed by atoms with E-state index < -0.39 is 59.7 Å². The Morgan fingerprint density at radius 3 is 1.65 bits per heavy atom. The Morgan fingerprint density at radius 1 is 0.647 bits per heavy atom. The summed E-state index contributed by atoms with van der Waals surface area (Å²) >= 11 is 12.4. The summed E-state index contributed by atoms with van der Waals surface area (Å²) in [5, 5.41) is 2.10. The number of esters is 1. The minimum Gasteiger partial charge on any atom is -0.423 e. The SMILES string of the molecule is Cc1ccc(C(=O)Oc2ccc(C(=O)CN(C(=O)c3ccc(Cl)c(Cl)c3)N3C(=O)[C@@H]4C5c6ccccc6C(c6ccccc65)[C@@H]4C3=O)cc2)cc1. The zero-order chi connectivity index (χ0) is 35.6. The van der Waals surface area contributed by atoms with E-state index in [1.807, 2.05) is 55.5 Å². The van der Waals surface area contributed by atoms with Crippen molar-refractivity contribution in [3.8, 4) is 5.75 Å². The van der Waals surface area contributed by atoms with Gasteiger partial charge >= 0.3 is 5.97 Å². The van der Waals surface area contributed by atoms with Gasteiger partial charge in [0.05, 0.1) is 27.4 Å². The van der Waals surface area contributed by atoms with Gasteiger partial charge in [0.25, 0.3) is 17.7 Å². The molecule has 0 aromatic heterocycles. The van der Waals surface area contributed by atoms with Crippen molar-refractivity contribution in [2.24, 2.45) is 11.8 Å². The number of halogens is 2. The molecule has 8 nitrogen and oxygen atoms in total. The molecule has 2 bridgehead atoms. The highest BCUT2D eigenvalue weighted by Crippen LogP contribution is 2.61. The van der Waals surface area contributed by atoms with Crippen LogP contribution in [-0.4, -0.2) is 46.0 Å². The Kier molecular flexibility index (Phi) is 8.08. The first kappa shape index (κ1) is 32.6. The summed E-state index contributed by atoms with van der Waals surface area (Å²) < 4.78 is 5.48. The molecule has 3 amide bonds. The quantitative estimate of drug-likeness (QED) is 0.0743. The third-order valence-corrected chi connectivity index (χ3v) is 10.8. The average molecular weight is 716 g/mol. The molecule has 0 radical (unpaired) electrons. The summed E-state index contributed by atoms with van der Waals surface area (Å²) in [4.78, 5) is 69.9. The predicted octanol–water partition coefficient (Wildman–Crippen LogP) is 7.65. The highest BCUT2D eigenvalue weighted by atomic mass is 35.5. The van der Waals surface area contributed by atoms with E-state index in [0.717, 1.165) is 37.8 Å². The van der Waals surface area contributed by atoms with E-state index in [9.17, 15) is 24.0 Å². The molecule has 5 aromatic carbocycles. The maximum atomic E-state index is 14.6. The van der Waals surface area contributed by atoms with E-state index in [1.54, 1.807) is 24.3 Å². The molecule has 1 saturated heterocycles. The van der Waals surface area contributed by atoms with Crippen LogP contribution in [0.2, 0.25) is 10.0 Å². The third kappa shape index (κ3) is 5.42. The largest absolute Gasteiger partial charge is 0.423 e. The van der Waals surface area contributed by atoms with Gasteiger partial charge in [0.15, 0.2) is 5.78 Å². The number of amides is 3. The Hall–Kier alpha value is -5.57. The second-order valence-corrected chi connectivity index (χ2v) is 13.8. The number of hydrazine groups is 1. The molecule has 0 saturated carbocycles. The fourth-order valence-corrected chi connectivity index (χ4v) is 8.00. The van der Waals surface area contributed by atoms with Crippen molar-refractivity contribution >= 4 is 52.7 Å². The second-order valence-electron chi connectivity index (χ2n) is 12.9. The molecule has 5 aromatic rings. The summed E-state index contributed by atoms with van der Waals surface area (Å²) in [5.74, 6) is -5.11. The summed E-state index contributed by atoms with van der Waals surface area (Å²) in [6.45, 7) is 1.28.